The molecular formula is C26H38N4O7. The van der Waals surface area contributed by atoms with Gasteiger partial charge >= 0.3 is 11.9 Å². The molecule has 1 aromatic carbocycles. The van der Waals surface area contributed by atoms with E-state index in [1.807, 2.05) is 27.7 Å². The monoisotopic (exact) mass is 518 g/mol. The van der Waals surface area contributed by atoms with Crippen molar-refractivity contribution in [3.05, 3.63) is 29.3 Å². The van der Waals surface area contributed by atoms with Gasteiger partial charge in [0.2, 0.25) is 11.8 Å². The van der Waals surface area contributed by atoms with Crippen molar-refractivity contribution >= 4 is 35.3 Å². The topological polar surface area (TPSA) is 154 Å². The number of hydrogen-bond donors (Lipinski definition) is 4. The molecule has 2 rings (SSSR count). The highest BCUT2D eigenvalue weighted by Crippen LogP contribution is 2.24. The smallest absolute Gasteiger partial charge is 0.310 e. The molecule has 37 heavy (non-hydrogen) atoms. The summed E-state index contributed by atoms with van der Waals surface area (Å²) >= 11 is 0. The van der Waals surface area contributed by atoms with Crippen molar-refractivity contribution in [1.82, 2.24) is 15.5 Å². The van der Waals surface area contributed by atoms with Gasteiger partial charge in [0.25, 0.3) is 5.91 Å². The van der Waals surface area contributed by atoms with Crippen LogP contribution in [0.5, 0.6) is 0 Å². The number of carbonyl (C=O) groups excluding carboxylic acids is 4. The fourth-order valence-corrected chi connectivity index (χ4v) is 3.68. The predicted molar refractivity (Wildman–Crippen MR) is 137 cm³/mol. The summed E-state index contributed by atoms with van der Waals surface area (Å²) in [6, 6.07) is 4.26. The average molecular weight is 519 g/mol. The molecule has 1 aliphatic heterocycles. The number of rotatable bonds is 12. The minimum Gasteiger partial charge on any atom is -0.481 e. The van der Waals surface area contributed by atoms with E-state index in [0.717, 1.165) is 0 Å². The number of carbonyl (C=O) groups is 5. The van der Waals surface area contributed by atoms with Crippen LogP contribution in [-0.4, -0.2) is 71.4 Å². The van der Waals surface area contributed by atoms with Gasteiger partial charge in [-0.2, -0.15) is 0 Å². The second kappa shape index (κ2) is 13.2. The number of anilines is 1. The van der Waals surface area contributed by atoms with Gasteiger partial charge in [0.05, 0.1) is 24.4 Å². The first-order chi connectivity index (χ1) is 17.3. The molecule has 0 bridgehead atoms. The summed E-state index contributed by atoms with van der Waals surface area (Å²) in [4.78, 5) is 62.6. The van der Waals surface area contributed by atoms with Crippen LogP contribution in [0.15, 0.2) is 18.2 Å². The lowest BCUT2D eigenvalue weighted by molar-refractivity contribution is -0.149. The molecule has 0 saturated carbocycles. The molecule has 1 unspecified atom stereocenters. The Kier molecular flexibility index (Phi) is 10.6. The van der Waals surface area contributed by atoms with Crippen molar-refractivity contribution in [2.75, 3.05) is 25.0 Å². The number of ether oxygens (including phenoxy) is 1. The van der Waals surface area contributed by atoms with Gasteiger partial charge in [0, 0.05) is 35.9 Å². The first-order valence-electron chi connectivity index (χ1n) is 12.4. The predicted octanol–water partition coefficient (Wildman–Crippen LogP) is 1.62. The maximum atomic E-state index is 13.1. The molecule has 1 atom stereocenters. The summed E-state index contributed by atoms with van der Waals surface area (Å²) < 4.78 is 5.28. The quantitative estimate of drug-likeness (QED) is 0.304. The summed E-state index contributed by atoms with van der Waals surface area (Å²) in [7, 11) is 0. The number of benzene rings is 1. The van der Waals surface area contributed by atoms with Gasteiger partial charge in [-0.3, -0.25) is 24.0 Å². The molecule has 1 heterocycles. The van der Waals surface area contributed by atoms with Gasteiger partial charge in [-0.1, -0.05) is 47.6 Å². The van der Waals surface area contributed by atoms with E-state index < -0.39 is 35.7 Å². The number of carboxylic acid groups (broad SMARTS) is 1. The molecule has 0 radical (unpaired) electrons. The Morgan fingerprint density at radius 1 is 1.05 bits per heavy atom. The Balaban J connectivity index is 2.11. The van der Waals surface area contributed by atoms with E-state index in [-0.39, 0.29) is 55.6 Å². The molecule has 1 saturated heterocycles. The van der Waals surface area contributed by atoms with Crippen molar-refractivity contribution in [2.24, 2.45) is 17.8 Å². The van der Waals surface area contributed by atoms with Crippen LogP contribution in [0.25, 0.3) is 0 Å². The highest BCUT2D eigenvalue weighted by atomic mass is 16.5. The molecule has 0 aromatic heterocycles. The zero-order valence-corrected chi connectivity index (χ0v) is 22.3. The largest absolute Gasteiger partial charge is 0.481 e. The number of hydrogen-bond acceptors (Lipinski definition) is 7. The first-order valence-corrected chi connectivity index (χ1v) is 12.4. The number of nitrogens with one attached hydrogen (secondary N) is 3. The lowest BCUT2D eigenvalue weighted by atomic mass is 9.97. The third-order valence-electron chi connectivity index (χ3n) is 5.87. The number of esters is 1. The highest BCUT2D eigenvalue weighted by molar-refractivity contribution is 6.00. The summed E-state index contributed by atoms with van der Waals surface area (Å²) in [6.07, 6.45) is 0. The summed E-state index contributed by atoms with van der Waals surface area (Å²) in [5, 5.41) is 17.6. The van der Waals surface area contributed by atoms with Crippen molar-refractivity contribution in [3.63, 3.8) is 0 Å². The van der Waals surface area contributed by atoms with Crippen LogP contribution < -0.4 is 16.0 Å². The average Bonchev–Trinajstić information content (AvgIpc) is 2.78. The van der Waals surface area contributed by atoms with Gasteiger partial charge in [0.1, 0.15) is 6.61 Å². The molecule has 11 nitrogen and oxygen atoms in total. The van der Waals surface area contributed by atoms with E-state index in [4.69, 9.17) is 9.84 Å². The fourth-order valence-electron chi connectivity index (χ4n) is 3.68. The van der Waals surface area contributed by atoms with Crippen molar-refractivity contribution < 1.29 is 33.8 Å². The summed E-state index contributed by atoms with van der Waals surface area (Å²) in [6.45, 7) is 10.8. The molecule has 11 heteroatoms. The van der Waals surface area contributed by atoms with E-state index in [1.54, 1.807) is 26.0 Å². The minimum atomic E-state index is -0.971. The maximum absolute atomic E-state index is 13.1. The second-order valence-electron chi connectivity index (χ2n) is 10.2. The van der Waals surface area contributed by atoms with Crippen LogP contribution in [-0.2, 0) is 30.5 Å². The Morgan fingerprint density at radius 2 is 1.70 bits per heavy atom. The highest BCUT2D eigenvalue weighted by Gasteiger charge is 2.36. The van der Waals surface area contributed by atoms with Gasteiger partial charge in [0.15, 0.2) is 0 Å². The van der Waals surface area contributed by atoms with Gasteiger partial charge in [-0.25, -0.2) is 0 Å². The minimum absolute atomic E-state index is 0.0265. The third kappa shape index (κ3) is 8.56. The molecule has 1 fully saturated rings. The van der Waals surface area contributed by atoms with Crippen LogP contribution >= 0.6 is 0 Å². The molecular weight excluding hydrogens is 480 g/mol. The number of nitrogens with zero attached hydrogens (tertiary/aromatic N) is 1. The van der Waals surface area contributed by atoms with E-state index in [2.05, 4.69) is 16.0 Å². The van der Waals surface area contributed by atoms with E-state index in [0.29, 0.717) is 11.3 Å². The van der Waals surface area contributed by atoms with Crippen LogP contribution in [0.4, 0.5) is 5.69 Å². The van der Waals surface area contributed by atoms with Crippen molar-refractivity contribution in [1.29, 1.82) is 0 Å². The van der Waals surface area contributed by atoms with E-state index >= 15 is 0 Å². The lowest BCUT2D eigenvalue weighted by Gasteiger charge is -2.37. The van der Waals surface area contributed by atoms with Gasteiger partial charge < -0.3 is 30.7 Å². The summed E-state index contributed by atoms with van der Waals surface area (Å²) in [5.41, 5.74) is 0.949. The maximum Gasteiger partial charge on any atom is 0.310 e. The van der Waals surface area contributed by atoms with Gasteiger partial charge in [-0.05, 0) is 18.1 Å². The van der Waals surface area contributed by atoms with E-state index in [1.165, 1.54) is 11.0 Å². The van der Waals surface area contributed by atoms with E-state index in [9.17, 15) is 24.0 Å². The molecule has 3 amide bonds. The molecule has 1 aromatic rings. The summed E-state index contributed by atoms with van der Waals surface area (Å²) in [5.74, 6) is -3.52. The standard InChI is InChI=1S/C26H38N4O7/c1-14(2)22(28-16(5)6)23(32)27-10-21(31)29-19-8-7-17(13-37-26(36)15(3)4)20(9-19)24(33)30-11-18(12-30)25(34)35/h7-9,14-16,18,22,28H,10-13H2,1-6H3,(H,27,32)(H,29,31)(H,34,35). The fraction of sp³-hybridized carbons (Fsp3) is 0.577. The number of aliphatic carboxylic acids is 1. The molecule has 0 aliphatic carbocycles. The number of amides is 3. The third-order valence-corrected chi connectivity index (χ3v) is 5.87. The van der Waals surface area contributed by atoms with Crippen molar-refractivity contribution in [3.8, 4) is 0 Å². The van der Waals surface area contributed by atoms with Crippen molar-refractivity contribution in [2.45, 2.75) is 60.2 Å². The number of likely N-dealkylation sites (tertiary alicyclic amines) is 1. The van der Waals surface area contributed by atoms with Crippen LogP contribution in [0.3, 0.4) is 0 Å². The Morgan fingerprint density at radius 3 is 2.24 bits per heavy atom. The zero-order valence-electron chi connectivity index (χ0n) is 22.3. The Bertz CT molecular complexity index is 1020. The Labute approximate surface area is 217 Å². The second-order valence-corrected chi connectivity index (χ2v) is 10.2. The van der Waals surface area contributed by atoms with Crippen LogP contribution in [0.2, 0.25) is 0 Å². The Hall–Kier alpha value is -3.47. The molecule has 0 spiro atoms. The van der Waals surface area contributed by atoms with Crippen LogP contribution in [0, 0.1) is 17.8 Å². The lowest BCUT2D eigenvalue weighted by Crippen LogP contribution is -2.53. The van der Waals surface area contributed by atoms with Gasteiger partial charge in [-0.15, -0.1) is 0 Å². The number of carboxylic acids is 1. The SMILES string of the molecule is CC(C)NC(C(=O)NCC(=O)Nc1ccc(COC(=O)C(C)C)c(C(=O)N2CC(C(=O)O)C2)c1)C(C)C. The van der Waals surface area contributed by atoms with Crippen LogP contribution in [0.1, 0.15) is 57.5 Å². The molecule has 1 aliphatic rings. The zero-order chi connectivity index (χ0) is 27.9. The normalized spacial score (nSPS) is 14.4. The molecule has 4 N–H and O–H groups in total. The first kappa shape index (κ1) is 29.8. The molecule has 204 valence electrons.